The first-order valence-corrected chi connectivity index (χ1v) is 5.11. The van der Waals surface area contributed by atoms with Gasteiger partial charge in [0.1, 0.15) is 0 Å². The van der Waals surface area contributed by atoms with Gasteiger partial charge < -0.3 is 9.84 Å². The summed E-state index contributed by atoms with van der Waals surface area (Å²) in [6, 6.07) is 0. The van der Waals surface area contributed by atoms with E-state index in [1.165, 1.54) is 32.1 Å². The average molecular weight is 184 g/mol. The minimum Gasteiger partial charge on any atom is -0.392 e. The molecule has 2 heteroatoms. The summed E-state index contributed by atoms with van der Waals surface area (Å²) in [5, 5.41) is 8.99. The van der Waals surface area contributed by atoms with E-state index in [1.54, 1.807) is 7.11 Å². The molecule has 1 unspecified atom stereocenters. The summed E-state index contributed by atoms with van der Waals surface area (Å²) < 4.78 is 5.38. The largest absolute Gasteiger partial charge is 0.392 e. The van der Waals surface area contributed by atoms with E-state index >= 15 is 0 Å². The molecule has 76 valence electrons. The highest BCUT2D eigenvalue weighted by Crippen LogP contribution is 2.30. The number of aliphatic hydroxyl groups excluding tert-OH is 1. The fraction of sp³-hybridized carbons (Fsp3) is 0.818. The fourth-order valence-corrected chi connectivity index (χ4v) is 2.22. The van der Waals surface area contributed by atoms with Crippen molar-refractivity contribution in [1.82, 2.24) is 0 Å². The van der Waals surface area contributed by atoms with Gasteiger partial charge in [0.05, 0.1) is 12.7 Å². The summed E-state index contributed by atoms with van der Waals surface area (Å²) in [5.41, 5.74) is 0.828. The van der Waals surface area contributed by atoms with Gasteiger partial charge in [-0.2, -0.15) is 0 Å². The van der Waals surface area contributed by atoms with Gasteiger partial charge in [0.25, 0.3) is 0 Å². The molecule has 0 bridgehead atoms. The molecule has 1 atom stereocenters. The number of aliphatic hydroxyl groups is 1. The minimum absolute atomic E-state index is 0.0506. The van der Waals surface area contributed by atoms with E-state index in [1.807, 2.05) is 0 Å². The Morgan fingerprint density at radius 2 is 2.08 bits per heavy atom. The van der Waals surface area contributed by atoms with Crippen LogP contribution in [0.2, 0.25) is 0 Å². The molecule has 2 nitrogen and oxygen atoms in total. The van der Waals surface area contributed by atoms with E-state index < -0.39 is 0 Å². The standard InChI is InChI=1S/C11H20O2/c1-9(8-12)11(13-2)10-6-4-3-5-7-10/h10-12H,1,3-8H2,2H3. The second-order valence-corrected chi connectivity index (χ2v) is 3.87. The zero-order valence-corrected chi connectivity index (χ0v) is 8.46. The third-order valence-corrected chi connectivity index (χ3v) is 2.94. The Hall–Kier alpha value is -0.340. The van der Waals surface area contributed by atoms with E-state index in [0.29, 0.717) is 5.92 Å². The van der Waals surface area contributed by atoms with Crippen LogP contribution in [-0.2, 0) is 4.74 Å². The molecule has 0 saturated heterocycles. The highest BCUT2D eigenvalue weighted by Gasteiger charge is 2.24. The Morgan fingerprint density at radius 1 is 1.46 bits per heavy atom. The predicted molar refractivity (Wildman–Crippen MR) is 53.6 cm³/mol. The Bertz CT molecular complexity index is 159. The molecule has 1 aliphatic carbocycles. The molecule has 0 aromatic rings. The van der Waals surface area contributed by atoms with Crippen LogP contribution in [0.5, 0.6) is 0 Å². The fourth-order valence-electron chi connectivity index (χ4n) is 2.22. The maximum atomic E-state index is 8.99. The van der Waals surface area contributed by atoms with Gasteiger partial charge in [0.2, 0.25) is 0 Å². The summed E-state index contributed by atoms with van der Waals surface area (Å²) in [6.07, 6.45) is 6.45. The third kappa shape index (κ3) is 2.82. The molecule has 0 spiro atoms. The van der Waals surface area contributed by atoms with Gasteiger partial charge in [0, 0.05) is 7.11 Å². The molecular formula is C11H20O2. The molecule has 0 amide bonds. The van der Waals surface area contributed by atoms with Crippen molar-refractivity contribution in [3.05, 3.63) is 12.2 Å². The van der Waals surface area contributed by atoms with Crippen molar-refractivity contribution >= 4 is 0 Å². The van der Waals surface area contributed by atoms with Crippen molar-refractivity contribution in [2.45, 2.75) is 38.2 Å². The van der Waals surface area contributed by atoms with Gasteiger partial charge in [-0.05, 0) is 24.3 Å². The highest BCUT2D eigenvalue weighted by molar-refractivity contribution is 5.05. The SMILES string of the molecule is C=C(CO)C(OC)C1CCCCC1. The summed E-state index contributed by atoms with van der Waals surface area (Å²) >= 11 is 0. The van der Waals surface area contributed by atoms with Crippen molar-refractivity contribution in [1.29, 1.82) is 0 Å². The van der Waals surface area contributed by atoms with Gasteiger partial charge >= 0.3 is 0 Å². The van der Waals surface area contributed by atoms with Gasteiger partial charge in [0.15, 0.2) is 0 Å². The Labute approximate surface area is 80.6 Å². The lowest BCUT2D eigenvalue weighted by atomic mass is 9.83. The molecule has 0 heterocycles. The monoisotopic (exact) mass is 184 g/mol. The number of ether oxygens (including phenoxy) is 1. The lowest BCUT2D eigenvalue weighted by Crippen LogP contribution is -2.27. The summed E-state index contributed by atoms with van der Waals surface area (Å²) in [5.74, 6) is 0.582. The highest BCUT2D eigenvalue weighted by atomic mass is 16.5. The van der Waals surface area contributed by atoms with E-state index in [0.717, 1.165) is 5.57 Å². The molecule has 1 saturated carbocycles. The molecule has 13 heavy (non-hydrogen) atoms. The van der Waals surface area contributed by atoms with Crippen LogP contribution in [0.1, 0.15) is 32.1 Å². The molecule has 0 radical (unpaired) electrons. The first kappa shape index (κ1) is 10.7. The van der Waals surface area contributed by atoms with E-state index in [9.17, 15) is 0 Å². The van der Waals surface area contributed by atoms with Gasteiger partial charge in [-0.15, -0.1) is 0 Å². The quantitative estimate of drug-likeness (QED) is 0.678. The van der Waals surface area contributed by atoms with E-state index in [2.05, 4.69) is 6.58 Å². The Morgan fingerprint density at radius 3 is 2.54 bits per heavy atom. The molecule has 1 N–H and O–H groups in total. The first-order chi connectivity index (χ1) is 6.29. The average Bonchev–Trinajstić information content (AvgIpc) is 2.20. The van der Waals surface area contributed by atoms with Crippen molar-refractivity contribution in [3.63, 3.8) is 0 Å². The predicted octanol–water partition coefficient (Wildman–Crippen LogP) is 2.13. The van der Waals surface area contributed by atoms with Crippen LogP contribution < -0.4 is 0 Å². The van der Waals surface area contributed by atoms with E-state index in [4.69, 9.17) is 9.84 Å². The zero-order valence-electron chi connectivity index (χ0n) is 8.46. The lowest BCUT2D eigenvalue weighted by Gasteiger charge is -2.29. The van der Waals surface area contributed by atoms with Crippen molar-refractivity contribution in [2.75, 3.05) is 13.7 Å². The Kier molecular flexibility index (Phi) is 4.46. The number of methoxy groups -OCH3 is 1. The third-order valence-electron chi connectivity index (χ3n) is 2.94. The minimum atomic E-state index is 0.0506. The molecular weight excluding hydrogens is 164 g/mol. The lowest BCUT2D eigenvalue weighted by molar-refractivity contribution is 0.0555. The molecule has 0 aromatic heterocycles. The maximum Gasteiger partial charge on any atom is 0.0828 e. The van der Waals surface area contributed by atoms with E-state index in [-0.39, 0.29) is 12.7 Å². The van der Waals surface area contributed by atoms with Crippen LogP contribution >= 0.6 is 0 Å². The van der Waals surface area contributed by atoms with Crippen LogP contribution in [0.15, 0.2) is 12.2 Å². The molecule has 1 aliphatic rings. The van der Waals surface area contributed by atoms with Gasteiger partial charge in [-0.1, -0.05) is 25.8 Å². The maximum absolute atomic E-state index is 8.99. The van der Waals surface area contributed by atoms with Crippen LogP contribution in [0.4, 0.5) is 0 Å². The van der Waals surface area contributed by atoms with Crippen LogP contribution in [-0.4, -0.2) is 24.9 Å². The second-order valence-electron chi connectivity index (χ2n) is 3.87. The molecule has 0 aromatic carbocycles. The summed E-state index contributed by atoms with van der Waals surface area (Å²) in [7, 11) is 1.71. The smallest absolute Gasteiger partial charge is 0.0828 e. The first-order valence-electron chi connectivity index (χ1n) is 5.11. The molecule has 1 rings (SSSR count). The number of hydrogen-bond donors (Lipinski definition) is 1. The van der Waals surface area contributed by atoms with Crippen molar-refractivity contribution < 1.29 is 9.84 Å². The van der Waals surface area contributed by atoms with Crippen LogP contribution in [0, 0.1) is 5.92 Å². The zero-order chi connectivity index (χ0) is 9.68. The second kappa shape index (κ2) is 5.40. The Balaban J connectivity index is 2.48. The number of rotatable bonds is 4. The summed E-state index contributed by atoms with van der Waals surface area (Å²) in [4.78, 5) is 0. The van der Waals surface area contributed by atoms with Gasteiger partial charge in [-0.3, -0.25) is 0 Å². The topological polar surface area (TPSA) is 29.5 Å². The normalized spacial score (nSPS) is 21.4. The van der Waals surface area contributed by atoms with Crippen molar-refractivity contribution in [3.8, 4) is 0 Å². The van der Waals surface area contributed by atoms with Crippen LogP contribution in [0.3, 0.4) is 0 Å². The van der Waals surface area contributed by atoms with Crippen molar-refractivity contribution in [2.24, 2.45) is 5.92 Å². The summed E-state index contributed by atoms with van der Waals surface area (Å²) in [6.45, 7) is 3.90. The van der Waals surface area contributed by atoms with Gasteiger partial charge in [-0.25, -0.2) is 0 Å². The molecule has 0 aliphatic heterocycles. The van der Waals surface area contributed by atoms with Crippen LogP contribution in [0.25, 0.3) is 0 Å². The molecule has 1 fully saturated rings. The number of hydrogen-bond acceptors (Lipinski definition) is 2.